The summed E-state index contributed by atoms with van der Waals surface area (Å²) in [5.74, 6) is 0. The van der Waals surface area contributed by atoms with Crippen molar-refractivity contribution >= 4 is 11.3 Å². The average molecular weight is 292 g/mol. The van der Waals surface area contributed by atoms with Gasteiger partial charge >= 0.3 is 0 Å². The normalized spacial score (nSPS) is 22.6. The molecule has 2 nitrogen and oxygen atoms in total. The quantitative estimate of drug-likeness (QED) is 0.830. The fourth-order valence-electron chi connectivity index (χ4n) is 3.90. The summed E-state index contributed by atoms with van der Waals surface area (Å²) in [6.45, 7) is 8.27. The Labute approximate surface area is 127 Å². The summed E-state index contributed by atoms with van der Waals surface area (Å²) in [4.78, 5) is 4.16. The van der Waals surface area contributed by atoms with Crippen LogP contribution in [0.15, 0.2) is 11.4 Å². The summed E-state index contributed by atoms with van der Waals surface area (Å²) < 4.78 is 0. The third-order valence-electron chi connectivity index (χ3n) is 5.44. The molecule has 3 heteroatoms. The number of hydrogen-bond acceptors (Lipinski definition) is 3. The van der Waals surface area contributed by atoms with Crippen molar-refractivity contribution in [3.05, 3.63) is 21.9 Å². The minimum absolute atomic E-state index is 0.762. The maximum Gasteiger partial charge on any atom is 0.0302 e. The summed E-state index contributed by atoms with van der Waals surface area (Å²) in [6.07, 6.45) is 8.91. The fraction of sp³-hybridized carbons (Fsp3) is 0.765. The molecule has 112 valence electrons. The maximum atomic E-state index is 3.61. The highest BCUT2D eigenvalue weighted by Gasteiger charge is 2.36. The molecular formula is C17H28N2S. The molecule has 1 aliphatic carbocycles. The van der Waals surface area contributed by atoms with E-state index in [1.807, 2.05) is 11.3 Å². The zero-order valence-corrected chi connectivity index (χ0v) is 13.6. The van der Waals surface area contributed by atoms with Crippen LogP contribution in [0.5, 0.6) is 0 Å². The predicted octanol–water partition coefficient (Wildman–Crippen LogP) is 3.80. The van der Waals surface area contributed by atoms with E-state index in [1.165, 1.54) is 68.6 Å². The lowest BCUT2D eigenvalue weighted by Gasteiger charge is -2.39. The van der Waals surface area contributed by atoms with Crippen LogP contribution in [0.25, 0.3) is 0 Å². The Hall–Kier alpha value is -0.380. The second-order valence-electron chi connectivity index (χ2n) is 6.75. The van der Waals surface area contributed by atoms with Crippen molar-refractivity contribution in [3.8, 4) is 0 Å². The molecule has 0 atom stereocenters. The van der Waals surface area contributed by atoms with Crippen LogP contribution in [0.3, 0.4) is 0 Å². The number of rotatable bonds is 5. The molecule has 1 saturated heterocycles. The topological polar surface area (TPSA) is 15.3 Å². The van der Waals surface area contributed by atoms with E-state index in [2.05, 4.69) is 28.6 Å². The molecule has 2 aliphatic rings. The Morgan fingerprint density at radius 2 is 1.95 bits per heavy atom. The minimum Gasteiger partial charge on any atom is -0.311 e. The van der Waals surface area contributed by atoms with E-state index in [-0.39, 0.29) is 0 Å². The molecule has 0 unspecified atom stereocenters. The van der Waals surface area contributed by atoms with Gasteiger partial charge in [-0.05, 0) is 68.1 Å². The van der Waals surface area contributed by atoms with Gasteiger partial charge in [0.25, 0.3) is 0 Å². The van der Waals surface area contributed by atoms with Crippen LogP contribution in [-0.4, -0.2) is 31.1 Å². The molecule has 1 spiro atoms. The number of aryl methyl sites for hydroxylation is 1. The van der Waals surface area contributed by atoms with E-state index in [1.54, 1.807) is 0 Å². The van der Waals surface area contributed by atoms with Crippen molar-refractivity contribution < 1.29 is 0 Å². The summed E-state index contributed by atoms with van der Waals surface area (Å²) in [5.41, 5.74) is 2.20. The van der Waals surface area contributed by atoms with Gasteiger partial charge < -0.3 is 10.2 Å². The molecule has 1 aliphatic heterocycles. The maximum absolute atomic E-state index is 3.61. The molecule has 0 aromatic carbocycles. The molecule has 2 heterocycles. The van der Waals surface area contributed by atoms with Crippen LogP contribution in [0.1, 0.15) is 49.0 Å². The number of nitrogens with one attached hydrogen (secondary N) is 1. The third kappa shape index (κ3) is 3.44. The standard InChI is InChI=1S/C17H28N2S/c1-15-4-13-20-16(15)14-18-9-12-19-10-7-17(8-11-19)5-2-3-6-17/h4,13,18H,2-3,5-12,14H2,1H3. The van der Waals surface area contributed by atoms with Crippen LogP contribution in [0.4, 0.5) is 0 Å². The molecule has 3 rings (SSSR count). The molecule has 0 radical (unpaired) electrons. The summed E-state index contributed by atoms with van der Waals surface area (Å²) in [5, 5.41) is 5.80. The molecule has 0 bridgehead atoms. The van der Waals surface area contributed by atoms with Crippen LogP contribution in [-0.2, 0) is 6.54 Å². The summed E-state index contributed by atoms with van der Waals surface area (Å²) in [6, 6.07) is 2.22. The monoisotopic (exact) mass is 292 g/mol. The van der Waals surface area contributed by atoms with E-state index in [9.17, 15) is 0 Å². The first-order chi connectivity index (χ1) is 9.77. The lowest BCUT2D eigenvalue weighted by atomic mass is 9.77. The molecule has 1 aromatic rings. The van der Waals surface area contributed by atoms with Gasteiger partial charge in [-0.3, -0.25) is 0 Å². The van der Waals surface area contributed by atoms with E-state index in [0.29, 0.717) is 0 Å². The number of piperidine rings is 1. The Morgan fingerprint density at radius 1 is 1.20 bits per heavy atom. The van der Waals surface area contributed by atoms with Crippen LogP contribution < -0.4 is 5.32 Å². The Bertz CT molecular complexity index is 410. The van der Waals surface area contributed by atoms with Crippen LogP contribution >= 0.6 is 11.3 Å². The van der Waals surface area contributed by atoms with Crippen molar-refractivity contribution in [3.63, 3.8) is 0 Å². The van der Waals surface area contributed by atoms with Crippen molar-refractivity contribution in [2.45, 2.75) is 52.0 Å². The minimum atomic E-state index is 0.762. The molecule has 1 aromatic heterocycles. The summed E-state index contributed by atoms with van der Waals surface area (Å²) in [7, 11) is 0. The highest BCUT2D eigenvalue weighted by Crippen LogP contribution is 2.45. The first-order valence-corrected chi connectivity index (χ1v) is 9.12. The number of thiophene rings is 1. The molecular weight excluding hydrogens is 264 g/mol. The number of likely N-dealkylation sites (tertiary alicyclic amines) is 1. The highest BCUT2D eigenvalue weighted by molar-refractivity contribution is 7.10. The predicted molar refractivity (Wildman–Crippen MR) is 87.3 cm³/mol. The number of nitrogens with zero attached hydrogens (tertiary/aromatic N) is 1. The molecule has 1 saturated carbocycles. The van der Waals surface area contributed by atoms with Gasteiger partial charge in [0.15, 0.2) is 0 Å². The Morgan fingerprint density at radius 3 is 2.60 bits per heavy atom. The third-order valence-corrected chi connectivity index (χ3v) is 6.46. The van der Waals surface area contributed by atoms with E-state index in [0.717, 1.165) is 18.5 Å². The molecule has 1 N–H and O–H groups in total. The van der Waals surface area contributed by atoms with Gasteiger partial charge in [-0.15, -0.1) is 11.3 Å². The molecule has 2 fully saturated rings. The number of hydrogen-bond donors (Lipinski definition) is 1. The lowest BCUT2D eigenvalue weighted by Crippen LogP contribution is -2.41. The second-order valence-corrected chi connectivity index (χ2v) is 7.75. The van der Waals surface area contributed by atoms with E-state index >= 15 is 0 Å². The molecule has 20 heavy (non-hydrogen) atoms. The van der Waals surface area contributed by atoms with Crippen molar-refractivity contribution in [2.24, 2.45) is 5.41 Å². The SMILES string of the molecule is Cc1ccsc1CNCCN1CCC2(CCCC2)CC1. The first-order valence-electron chi connectivity index (χ1n) is 8.24. The Kier molecular flexibility index (Phi) is 4.79. The zero-order chi connectivity index (χ0) is 13.8. The largest absolute Gasteiger partial charge is 0.311 e. The Balaban J connectivity index is 1.33. The average Bonchev–Trinajstić information content (AvgIpc) is 3.07. The van der Waals surface area contributed by atoms with Crippen molar-refractivity contribution in [2.75, 3.05) is 26.2 Å². The van der Waals surface area contributed by atoms with Crippen molar-refractivity contribution in [1.29, 1.82) is 0 Å². The van der Waals surface area contributed by atoms with Crippen molar-refractivity contribution in [1.82, 2.24) is 10.2 Å². The zero-order valence-electron chi connectivity index (χ0n) is 12.8. The van der Waals surface area contributed by atoms with Gasteiger partial charge in [-0.2, -0.15) is 0 Å². The van der Waals surface area contributed by atoms with E-state index in [4.69, 9.17) is 0 Å². The van der Waals surface area contributed by atoms with Gasteiger partial charge in [0.2, 0.25) is 0 Å². The second kappa shape index (κ2) is 6.59. The highest BCUT2D eigenvalue weighted by atomic mass is 32.1. The van der Waals surface area contributed by atoms with Gasteiger partial charge in [0.1, 0.15) is 0 Å². The van der Waals surface area contributed by atoms with Crippen LogP contribution in [0, 0.1) is 12.3 Å². The van der Waals surface area contributed by atoms with Gasteiger partial charge in [-0.25, -0.2) is 0 Å². The van der Waals surface area contributed by atoms with Gasteiger partial charge in [-0.1, -0.05) is 12.8 Å². The molecule has 0 amide bonds. The fourth-order valence-corrected chi connectivity index (χ4v) is 4.78. The lowest BCUT2D eigenvalue weighted by molar-refractivity contribution is 0.109. The van der Waals surface area contributed by atoms with Crippen LogP contribution in [0.2, 0.25) is 0 Å². The van der Waals surface area contributed by atoms with E-state index < -0.39 is 0 Å². The first kappa shape index (κ1) is 14.6. The van der Waals surface area contributed by atoms with Gasteiger partial charge in [0, 0.05) is 24.5 Å². The smallest absolute Gasteiger partial charge is 0.0302 e. The summed E-state index contributed by atoms with van der Waals surface area (Å²) >= 11 is 1.87. The van der Waals surface area contributed by atoms with Gasteiger partial charge in [0.05, 0.1) is 0 Å².